The van der Waals surface area contributed by atoms with Crippen LogP contribution in [0.4, 0.5) is 0 Å². The maximum Gasteiger partial charge on any atom is 0.0231 e. The van der Waals surface area contributed by atoms with E-state index in [1.807, 2.05) is 0 Å². The SMILES string of the molecule is CN(CCN1CCNCC1)Cc1ccc(C(C)(C)C)cc1. The highest BCUT2D eigenvalue weighted by Crippen LogP contribution is 2.22. The summed E-state index contributed by atoms with van der Waals surface area (Å²) < 4.78 is 0. The Morgan fingerprint density at radius 1 is 1.10 bits per heavy atom. The van der Waals surface area contributed by atoms with E-state index in [1.165, 1.54) is 30.8 Å². The fourth-order valence-corrected chi connectivity index (χ4v) is 2.75. The normalized spacial score (nSPS) is 17.4. The number of benzene rings is 1. The minimum atomic E-state index is 0.243. The third-order valence-corrected chi connectivity index (χ3v) is 4.28. The topological polar surface area (TPSA) is 18.5 Å². The Kier molecular flexibility index (Phi) is 5.80. The molecule has 1 saturated heterocycles. The van der Waals surface area contributed by atoms with Gasteiger partial charge < -0.3 is 10.2 Å². The lowest BCUT2D eigenvalue weighted by atomic mass is 9.87. The van der Waals surface area contributed by atoms with Gasteiger partial charge in [0.05, 0.1) is 0 Å². The van der Waals surface area contributed by atoms with E-state index in [2.05, 4.69) is 67.2 Å². The van der Waals surface area contributed by atoms with Gasteiger partial charge in [-0.05, 0) is 23.6 Å². The lowest BCUT2D eigenvalue weighted by Gasteiger charge is -2.29. The predicted molar refractivity (Wildman–Crippen MR) is 90.8 cm³/mol. The summed E-state index contributed by atoms with van der Waals surface area (Å²) in [5.41, 5.74) is 3.06. The molecule has 1 aliphatic heterocycles. The molecule has 0 spiro atoms. The first-order valence-corrected chi connectivity index (χ1v) is 8.16. The molecule has 0 aromatic heterocycles. The van der Waals surface area contributed by atoms with Crippen LogP contribution < -0.4 is 5.32 Å². The Hall–Kier alpha value is -0.900. The van der Waals surface area contributed by atoms with Crippen molar-refractivity contribution >= 4 is 0 Å². The summed E-state index contributed by atoms with van der Waals surface area (Å²) in [5.74, 6) is 0. The fraction of sp³-hybridized carbons (Fsp3) is 0.667. The average Bonchev–Trinajstić information content (AvgIpc) is 2.46. The summed E-state index contributed by atoms with van der Waals surface area (Å²) in [6, 6.07) is 9.11. The molecule has 118 valence electrons. The van der Waals surface area contributed by atoms with Crippen molar-refractivity contribution in [3.8, 4) is 0 Å². The number of nitrogens with one attached hydrogen (secondary N) is 1. The maximum absolute atomic E-state index is 3.40. The first-order valence-electron chi connectivity index (χ1n) is 8.16. The molecule has 3 nitrogen and oxygen atoms in total. The molecule has 1 aliphatic rings. The Labute approximate surface area is 130 Å². The Bertz CT molecular complexity index is 413. The number of rotatable bonds is 5. The second kappa shape index (κ2) is 7.39. The van der Waals surface area contributed by atoms with Crippen LogP contribution in [0.2, 0.25) is 0 Å². The maximum atomic E-state index is 3.40. The Morgan fingerprint density at radius 2 is 1.71 bits per heavy atom. The third-order valence-electron chi connectivity index (χ3n) is 4.28. The van der Waals surface area contributed by atoms with E-state index in [4.69, 9.17) is 0 Å². The average molecular weight is 289 g/mol. The largest absolute Gasteiger partial charge is 0.314 e. The molecule has 1 N–H and O–H groups in total. The molecule has 1 aromatic carbocycles. The molecule has 1 aromatic rings. The van der Waals surface area contributed by atoms with E-state index in [0.29, 0.717) is 0 Å². The van der Waals surface area contributed by atoms with Gasteiger partial charge in [-0.2, -0.15) is 0 Å². The molecule has 0 aliphatic carbocycles. The van der Waals surface area contributed by atoms with E-state index in [0.717, 1.165) is 26.2 Å². The molecule has 3 heteroatoms. The molecule has 1 heterocycles. The van der Waals surface area contributed by atoms with Gasteiger partial charge in [0.2, 0.25) is 0 Å². The zero-order valence-corrected chi connectivity index (χ0v) is 14.2. The molecular weight excluding hydrogens is 258 g/mol. The van der Waals surface area contributed by atoms with E-state index in [9.17, 15) is 0 Å². The molecule has 0 amide bonds. The Balaban J connectivity index is 1.78. The van der Waals surface area contributed by atoms with Crippen LogP contribution in [0.1, 0.15) is 31.9 Å². The summed E-state index contributed by atoms with van der Waals surface area (Å²) in [5, 5.41) is 3.40. The second-order valence-electron chi connectivity index (χ2n) is 7.28. The van der Waals surface area contributed by atoms with Gasteiger partial charge in [0, 0.05) is 45.8 Å². The van der Waals surface area contributed by atoms with Crippen molar-refractivity contribution in [1.29, 1.82) is 0 Å². The summed E-state index contributed by atoms with van der Waals surface area (Å²) in [7, 11) is 2.22. The first kappa shape index (κ1) is 16.5. The van der Waals surface area contributed by atoms with E-state index in [1.54, 1.807) is 0 Å². The van der Waals surface area contributed by atoms with Gasteiger partial charge in [-0.1, -0.05) is 45.0 Å². The lowest BCUT2D eigenvalue weighted by Crippen LogP contribution is -2.45. The molecule has 1 fully saturated rings. The van der Waals surface area contributed by atoms with Crippen molar-refractivity contribution in [2.45, 2.75) is 32.7 Å². The van der Waals surface area contributed by atoms with Crippen LogP contribution in [0.3, 0.4) is 0 Å². The zero-order valence-electron chi connectivity index (χ0n) is 14.2. The summed E-state index contributed by atoms with van der Waals surface area (Å²) in [6.07, 6.45) is 0. The summed E-state index contributed by atoms with van der Waals surface area (Å²) in [4.78, 5) is 4.98. The fourth-order valence-electron chi connectivity index (χ4n) is 2.75. The molecule has 2 rings (SSSR count). The van der Waals surface area contributed by atoms with E-state index in [-0.39, 0.29) is 5.41 Å². The lowest BCUT2D eigenvalue weighted by molar-refractivity contribution is 0.202. The van der Waals surface area contributed by atoms with Gasteiger partial charge in [0.15, 0.2) is 0 Å². The predicted octanol–water partition coefficient (Wildman–Crippen LogP) is 2.32. The molecule has 21 heavy (non-hydrogen) atoms. The van der Waals surface area contributed by atoms with Crippen LogP contribution in [0, 0.1) is 0 Å². The monoisotopic (exact) mass is 289 g/mol. The van der Waals surface area contributed by atoms with Gasteiger partial charge in [-0.15, -0.1) is 0 Å². The second-order valence-corrected chi connectivity index (χ2v) is 7.28. The summed E-state index contributed by atoms with van der Waals surface area (Å²) >= 11 is 0. The smallest absolute Gasteiger partial charge is 0.0231 e. The molecule has 0 radical (unpaired) electrons. The van der Waals surface area contributed by atoms with Crippen LogP contribution in [0.25, 0.3) is 0 Å². The van der Waals surface area contributed by atoms with Crippen LogP contribution in [-0.4, -0.2) is 56.1 Å². The van der Waals surface area contributed by atoms with E-state index < -0.39 is 0 Å². The molecule has 0 saturated carbocycles. The number of hydrogen-bond donors (Lipinski definition) is 1. The minimum Gasteiger partial charge on any atom is -0.314 e. The van der Waals surface area contributed by atoms with Gasteiger partial charge in [0.1, 0.15) is 0 Å². The molecule has 0 bridgehead atoms. The van der Waals surface area contributed by atoms with Gasteiger partial charge in [-0.3, -0.25) is 4.90 Å². The van der Waals surface area contributed by atoms with Gasteiger partial charge >= 0.3 is 0 Å². The van der Waals surface area contributed by atoms with Crippen LogP contribution >= 0.6 is 0 Å². The third kappa shape index (κ3) is 5.42. The van der Waals surface area contributed by atoms with Gasteiger partial charge in [-0.25, -0.2) is 0 Å². The Morgan fingerprint density at radius 3 is 2.29 bits per heavy atom. The van der Waals surface area contributed by atoms with Crippen molar-refractivity contribution in [2.24, 2.45) is 0 Å². The summed E-state index contributed by atoms with van der Waals surface area (Å²) in [6.45, 7) is 14.8. The molecule has 0 atom stereocenters. The van der Waals surface area contributed by atoms with Crippen molar-refractivity contribution in [1.82, 2.24) is 15.1 Å². The quantitative estimate of drug-likeness (QED) is 0.897. The van der Waals surface area contributed by atoms with Crippen LogP contribution in [-0.2, 0) is 12.0 Å². The van der Waals surface area contributed by atoms with E-state index >= 15 is 0 Å². The van der Waals surface area contributed by atoms with Gasteiger partial charge in [0.25, 0.3) is 0 Å². The van der Waals surface area contributed by atoms with Crippen LogP contribution in [0.15, 0.2) is 24.3 Å². The van der Waals surface area contributed by atoms with Crippen molar-refractivity contribution in [3.05, 3.63) is 35.4 Å². The number of piperazine rings is 1. The van der Waals surface area contributed by atoms with Crippen molar-refractivity contribution in [2.75, 3.05) is 46.3 Å². The number of likely N-dealkylation sites (N-methyl/N-ethyl adjacent to an activating group) is 1. The zero-order chi connectivity index (χ0) is 15.3. The number of hydrogen-bond acceptors (Lipinski definition) is 3. The minimum absolute atomic E-state index is 0.243. The highest BCUT2D eigenvalue weighted by molar-refractivity contribution is 5.27. The standard InChI is InChI=1S/C18H31N3/c1-18(2,3)17-7-5-16(6-8-17)15-20(4)13-14-21-11-9-19-10-12-21/h5-8,19H,9-15H2,1-4H3. The van der Waals surface area contributed by atoms with Crippen molar-refractivity contribution in [3.63, 3.8) is 0 Å². The highest BCUT2D eigenvalue weighted by atomic mass is 15.2. The van der Waals surface area contributed by atoms with Crippen LogP contribution in [0.5, 0.6) is 0 Å². The molecular formula is C18H31N3. The first-order chi connectivity index (χ1) is 9.95. The van der Waals surface area contributed by atoms with Crippen molar-refractivity contribution < 1.29 is 0 Å². The molecule has 0 unspecified atom stereocenters. The highest BCUT2D eigenvalue weighted by Gasteiger charge is 2.13. The number of nitrogens with zero attached hydrogens (tertiary/aromatic N) is 2.